The monoisotopic (exact) mass is 392 g/mol. The number of hydrogen-bond acceptors (Lipinski definition) is 3. The van der Waals surface area contributed by atoms with E-state index in [2.05, 4.69) is 10.4 Å². The quantitative estimate of drug-likeness (QED) is 0.664. The first-order valence-corrected chi connectivity index (χ1v) is 9.46. The van der Waals surface area contributed by atoms with Crippen molar-refractivity contribution in [2.75, 3.05) is 11.9 Å². The highest BCUT2D eigenvalue weighted by atomic mass is 32.1. The van der Waals surface area contributed by atoms with Gasteiger partial charge in [0.15, 0.2) is 10.8 Å². The first kappa shape index (κ1) is 18.2. The minimum absolute atomic E-state index is 0.0854. The summed E-state index contributed by atoms with van der Waals surface area (Å²) in [6.07, 6.45) is 0.667. The molecule has 3 aromatic rings. The number of carboxylic acid groups (broad SMARTS) is 1. The van der Waals surface area contributed by atoms with Crippen molar-refractivity contribution in [3.63, 3.8) is 0 Å². The zero-order valence-electron chi connectivity index (χ0n) is 15.4. The van der Waals surface area contributed by atoms with E-state index in [4.69, 9.17) is 12.2 Å². The van der Waals surface area contributed by atoms with Gasteiger partial charge in [-0.3, -0.25) is 0 Å². The summed E-state index contributed by atoms with van der Waals surface area (Å²) in [6.45, 7) is 3.13. The molecule has 2 aromatic carbocycles. The normalized spacial score (nSPS) is 13.1. The van der Waals surface area contributed by atoms with Crippen molar-refractivity contribution in [2.45, 2.75) is 19.9 Å². The number of thiocarbonyl (C=S) groups is 1. The van der Waals surface area contributed by atoms with Crippen LogP contribution in [0.3, 0.4) is 0 Å². The lowest BCUT2D eigenvalue weighted by Crippen LogP contribution is -2.39. The Morgan fingerprint density at radius 3 is 2.57 bits per heavy atom. The number of aromatic nitrogens is 2. The highest BCUT2D eigenvalue weighted by molar-refractivity contribution is 7.80. The zero-order valence-corrected chi connectivity index (χ0v) is 16.2. The number of hydrogen-bond donors (Lipinski definition) is 2. The van der Waals surface area contributed by atoms with E-state index >= 15 is 0 Å². The number of anilines is 1. The zero-order chi connectivity index (χ0) is 19.7. The smallest absolute Gasteiger partial charge is 0.356 e. The largest absolute Gasteiger partial charge is 0.476 e. The van der Waals surface area contributed by atoms with E-state index in [1.807, 2.05) is 66.4 Å². The molecule has 0 bridgehead atoms. The SMILES string of the molecule is Cc1ccccc1NC(=S)N1CCc2c(c(C(=O)O)nn2-c2ccccc2)C1. The van der Waals surface area contributed by atoms with Gasteiger partial charge in [0.05, 0.1) is 11.4 Å². The average Bonchev–Trinajstić information content (AvgIpc) is 3.09. The van der Waals surface area contributed by atoms with E-state index in [-0.39, 0.29) is 5.69 Å². The molecule has 1 aromatic heterocycles. The van der Waals surface area contributed by atoms with Crippen LogP contribution in [0.25, 0.3) is 5.69 Å². The molecule has 0 radical (unpaired) electrons. The second kappa shape index (κ2) is 7.44. The van der Waals surface area contributed by atoms with Crippen LogP contribution < -0.4 is 5.32 Å². The first-order chi connectivity index (χ1) is 13.5. The van der Waals surface area contributed by atoms with E-state index in [0.29, 0.717) is 24.6 Å². The van der Waals surface area contributed by atoms with Crippen LogP contribution in [-0.4, -0.2) is 37.4 Å². The lowest BCUT2D eigenvalue weighted by molar-refractivity contribution is 0.0688. The van der Waals surface area contributed by atoms with Gasteiger partial charge in [0.25, 0.3) is 0 Å². The van der Waals surface area contributed by atoms with Crippen LogP contribution >= 0.6 is 12.2 Å². The standard InChI is InChI=1S/C21H20N4O2S/c1-14-7-5-6-10-17(14)22-21(28)24-12-11-18-16(13-24)19(20(26)27)23-25(18)15-8-3-2-4-9-15/h2-10H,11-13H2,1H3,(H,22,28)(H,26,27). The van der Waals surface area contributed by atoms with Gasteiger partial charge in [-0.05, 0) is 42.9 Å². The molecule has 2 N–H and O–H groups in total. The minimum Gasteiger partial charge on any atom is -0.476 e. The lowest BCUT2D eigenvalue weighted by Gasteiger charge is -2.30. The Kier molecular flexibility index (Phi) is 4.83. The fourth-order valence-electron chi connectivity index (χ4n) is 3.45. The number of benzene rings is 2. The van der Waals surface area contributed by atoms with Gasteiger partial charge in [-0.15, -0.1) is 0 Å². The van der Waals surface area contributed by atoms with Crippen LogP contribution in [0.5, 0.6) is 0 Å². The van der Waals surface area contributed by atoms with Gasteiger partial charge in [-0.2, -0.15) is 5.10 Å². The molecular formula is C21H20N4O2S. The van der Waals surface area contributed by atoms with Crippen LogP contribution in [0.15, 0.2) is 54.6 Å². The summed E-state index contributed by atoms with van der Waals surface area (Å²) in [4.78, 5) is 13.8. The third-order valence-corrected chi connectivity index (χ3v) is 5.29. The molecule has 4 rings (SSSR count). The topological polar surface area (TPSA) is 70.4 Å². The van der Waals surface area contributed by atoms with Gasteiger partial charge >= 0.3 is 5.97 Å². The van der Waals surface area contributed by atoms with E-state index in [9.17, 15) is 9.90 Å². The Balaban J connectivity index is 1.63. The predicted molar refractivity (Wildman–Crippen MR) is 112 cm³/mol. The van der Waals surface area contributed by atoms with Crippen molar-refractivity contribution in [1.82, 2.24) is 14.7 Å². The maximum atomic E-state index is 11.8. The maximum Gasteiger partial charge on any atom is 0.356 e. The molecule has 7 heteroatoms. The maximum absolute atomic E-state index is 11.8. The van der Waals surface area contributed by atoms with Gasteiger partial charge in [0, 0.05) is 30.8 Å². The van der Waals surface area contributed by atoms with Crippen LogP contribution in [0.2, 0.25) is 0 Å². The summed E-state index contributed by atoms with van der Waals surface area (Å²) in [5.74, 6) is -1.02. The van der Waals surface area contributed by atoms with Crippen LogP contribution in [0, 0.1) is 6.92 Å². The first-order valence-electron chi connectivity index (χ1n) is 9.05. The van der Waals surface area contributed by atoms with E-state index in [1.165, 1.54) is 0 Å². The number of carboxylic acids is 1. The summed E-state index contributed by atoms with van der Waals surface area (Å²) in [5, 5.41) is 17.9. The molecule has 0 saturated carbocycles. The Hall–Kier alpha value is -3.19. The summed E-state index contributed by atoms with van der Waals surface area (Å²) in [5.41, 5.74) is 4.65. The molecule has 0 fully saturated rings. The van der Waals surface area contributed by atoms with Gasteiger partial charge in [-0.1, -0.05) is 36.4 Å². The highest BCUT2D eigenvalue weighted by Gasteiger charge is 2.29. The molecule has 0 saturated heterocycles. The molecule has 2 heterocycles. The number of nitrogens with one attached hydrogen (secondary N) is 1. The van der Waals surface area contributed by atoms with Gasteiger partial charge in [-0.25, -0.2) is 9.48 Å². The second-order valence-electron chi connectivity index (χ2n) is 6.74. The molecule has 0 aliphatic carbocycles. The van der Waals surface area contributed by atoms with Gasteiger partial charge < -0.3 is 15.3 Å². The molecule has 6 nitrogen and oxygen atoms in total. The fraction of sp³-hybridized carbons (Fsp3) is 0.190. The Morgan fingerprint density at radius 2 is 1.86 bits per heavy atom. The molecule has 0 amide bonds. The van der Waals surface area contributed by atoms with Crippen molar-refractivity contribution in [1.29, 1.82) is 0 Å². The van der Waals surface area contributed by atoms with Crippen LogP contribution in [0.4, 0.5) is 5.69 Å². The summed E-state index contributed by atoms with van der Waals surface area (Å²) < 4.78 is 1.74. The third-order valence-electron chi connectivity index (χ3n) is 4.93. The number of aromatic carboxylic acids is 1. The molecule has 142 valence electrons. The van der Waals surface area contributed by atoms with E-state index < -0.39 is 5.97 Å². The number of nitrogens with zero attached hydrogens (tertiary/aromatic N) is 3. The number of rotatable bonds is 3. The molecule has 1 aliphatic rings. The minimum atomic E-state index is -1.02. The van der Waals surface area contributed by atoms with Crippen molar-refractivity contribution >= 4 is 29.0 Å². The third kappa shape index (κ3) is 3.36. The molecule has 0 spiro atoms. The number of carbonyl (C=O) groups is 1. The lowest BCUT2D eigenvalue weighted by atomic mass is 10.1. The summed E-state index contributed by atoms with van der Waals surface area (Å²) in [7, 11) is 0. The number of fused-ring (bicyclic) bond motifs is 1. The fourth-order valence-corrected chi connectivity index (χ4v) is 3.72. The van der Waals surface area contributed by atoms with E-state index in [1.54, 1.807) is 4.68 Å². The number of para-hydroxylation sites is 2. The molecule has 1 aliphatic heterocycles. The Labute approximate surface area is 168 Å². The molecule has 0 atom stereocenters. The Bertz CT molecular complexity index is 1050. The summed E-state index contributed by atoms with van der Waals surface area (Å²) in [6, 6.07) is 17.5. The molecule has 0 unspecified atom stereocenters. The van der Waals surface area contributed by atoms with Crippen molar-refractivity contribution in [3.8, 4) is 5.69 Å². The van der Waals surface area contributed by atoms with Crippen LogP contribution in [-0.2, 0) is 13.0 Å². The van der Waals surface area contributed by atoms with E-state index in [0.717, 1.165) is 28.2 Å². The summed E-state index contributed by atoms with van der Waals surface area (Å²) >= 11 is 5.59. The van der Waals surface area contributed by atoms with Gasteiger partial charge in [0.1, 0.15) is 0 Å². The van der Waals surface area contributed by atoms with Gasteiger partial charge in [0.2, 0.25) is 0 Å². The average molecular weight is 392 g/mol. The predicted octanol–water partition coefficient (Wildman–Crippen LogP) is 3.63. The highest BCUT2D eigenvalue weighted by Crippen LogP contribution is 2.26. The van der Waals surface area contributed by atoms with Crippen molar-refractivity contribution in [2.24, 2.45) is 0 Å². The molecule has 28 heavy (non-hydrogen) atoms. The van der Waals surface area contributed by atoms with Crippen molar-refractivity contribution < 1.29 is 9.90 Å². The molecular weight excluding hydrogens is 372 g/mol. The number of aryl methyl sites for hydroxylation is 1. The second-order valence-corrected chi connectivity index (χ2v) is 7.13. The van der Waals surface area contributed by atoms with Crippen LogP contribution in [0.1, 0.15) is 27.3 Å². The van der Waals surface area contributed by atoms with Crippen molar-refractivity contribution in [3.05, 3.63) is 77.1 Å². The Morgan fingerprint density at radius 1 is 1.14 bits per heavy atom.